The quantitative estimate of drug-likeness (QED) is 0.902. The van der Waals surface area contributed by atoms with Gasteiger partial charge in [0.05, 0.1) is 18.3 Å². The molecule has 18 heavy (non-hydrogen) atoms. The van der Waals surface area contributed by atoms with Crippen LogP contribution in [0, 0.1) is 0 Å². The molecule has 0 amide bonds. The minimum atomic E-state index is -4.35. The third kappa shape index (κ3) is 3.18. The maximum absolute atomic E-state index is 12.4. The van der Waals surface area contributed by atoms with Gasteiger partial charge in [0.25, 0.3) is 0 Å². The lowest BCUT2D eigenvalue weighted by Gasteiger charge is -2.27. The van der Waals surface area contributed by atoms with Crippen molar-refractivity contribution in [3.8, 4) is 0 Å². The Morgan fingerprint density at radius 3 is 2.44 bits per heavy atom. The number of hydrogen-bond acceptors (Lipinski definition) is 3. The van der Waals surface area contributed by atoms with E-state index in [9.17, 15) is 18.3 Å². The summed E-state index contributed by atoms with van der Waals surface area (Å²) in [5.74, 6) is 1.54. The van der Waals surface area contributed by atoms with Crippen molar-refractivity contribution >= 4 is 11.8 Å². The van der Waals surface area contributed by atoms with E-state index in [0.717, 1.165) is 17.9 Å². The SMILES string of the molecule is OC(c1ccc(C(F)(F)F)cc1)C1CSCCO1. The summed E-state index contributed by atoms with van der Waals surface area (Å²) in [7, 11) is 0. The van der Waals surface area contributed by atoms with Gasteiger partial charge in [-0.1, -0.05) is 12.1 Å². The van der Waals surface area contributed by atoms with E-state index < -0.39 is 17.8 Å². The van der Waals surface area contributed by atoms with E-state index in [1.807, 2.05) is 0 Å². The van der Waals surface area contributed by atoms with Crippen LogP contribution in [0.5, 0.6) is 0 Å². The molecule has 1 N–H and O–H groups in total. The van der Waals surface area contributed by atoms with Crippen LogP contribution in [-0.4, -0.2) is 29.3 Å². The highest BCUT2D eigenvalue weighted by Crippen LogP contribution is 2.31. The molecule has 2 rings (SSSR count). The molecule has 0 radical (unpaired) electrons. The maximum atomic E-state index is 12.4. The van der Waals surface area contributed by atoms with Crippen LogP contribution in [0.1, 0.15) is 17.2 Å². The van der Waals surface area contributed by atoms with Crippen molar-refractivity contribution in [2.75, 3.05) is 18.1 Å². The average molecular weight is 278 g/mol. The first-order valence-electron chi connectivity index (χ1n) is 5.53. The zero-order valence-electron chi connectivity index (χ0n) is 9.48. The zero-order chi connectivity index (χ0) is 13.2. The third-order valence-electron chi connectivity index (χ3n) is 2.77. The highest BCUT2D eigenvalue weighted by molar-refractivity contribution is 7.99. The lowest BCUT2D eigenvalue weighted by Crippen LogP contribution is -2.29. The van der Waals surface area contributed by atoms with Crippen molar-refractivity contribution in [1.29, 1.82) is 0 Å². The minimum absolute atomic E-state index is 0.347. The van der Waals surface area contributed by atoms with Gasteiger partial charge in [-0.25, -0.2) is 0 Å². The monoisotopic (exact) mass is 278 g/mol. The first-order chi connectivity index (χ1) is 8.48. The summed E-state index contributed by atoms with van der Waals surface area (Å²) in [6.07, 6.45) is -5.57. The molecular weight excluding hydrogens is 265 g/mol. The number of halogens is 3. The molecule has 2 nitrogen and oxygen atoms in total. The second-order valence-corrected chi connectivity index (χ2v) is 5.20. The fourth-order valence-electron chi connectivity index (χ4n) is 1.77. The van der Waals surface area contributed by atoms with Gasteiger partial charge in [0, 0.05) is 11.5 Å². The second kappa shape index (κ2) is 5.50. The summed E-state index contributed by atoms with van der Waals surface area (Å²) >= 11 is 1.67. The van der Waals surface area contributed by atoms with Gasteiger partial charge in [-0.15, -0.1) is 0 Å². The number of aliphatic hydroxyl groups excluding tert-OH is 1. The van der Waals surface area contributed by atoms with Crippen LogP contribution in [-0.2, 0) is 10.9 Å². The van der Waals surface area contributed by atoms with Crippen molar-refractivity contribution in [2.24, 2.45) is 0 Å². The fourth-order valence-corrected chi connectivity index (χ4v) is 2.66. The molecule has 1 fully saturated rings. The van der Waals surface area contributed by atoms with E-state index in [4.69, 9.17) is 4.74 Å². The molecule has 1 saturated heterocycles. The third-order valence-corrected chi connectivity index (χ3v) is 3.79. The Labute approximate surface area is 107 Å². The molecule has 1 aliphatic rings. The fraction of sp³-hybridized carbons (Fsp3) is 0.500. The van der Waals surface area contributed by atoms with Crippen molar-refractivity contribution in [2.45, 2.75) is 18.4 Å². The molecule has 0 bridgehead atoms. The van der Waals surface area contributed by atoms with Crippen LogP contribution in [0.15, 0.2) is 24.3 Å². The van der Waals surface area contributed by atoms with E-state index in [1.54, 1.807) is 11.8 Å². The lowest BCUT2D eigenvalue weighted by molar-refractivity contribution is -0.137. The maximum Gasteiger partial charge on any atom is 0.416 e. The number of rotatable bonds is 2. The molecule has 6 heteroatoms. The zero-order valence-corrected chi connectivity index (χ0v) is 10.3. The van der Waals surface area contributed by atoms with Crippen molar-refractivity contribution in [1.82, 2.24) is 0 Å². The van der Waals surface area contributed by atoms with Crippen LogP contribution in [0.25, 0.3) is 0 Å². The Bertz CT molecular complexity index is 385. The summed E-state index contributed by atoms with van der Waals surface area (Å²) in [5, 5.41) is 10.0. The lowest BCUT2D eigenvalue weighted by atomic mass is 10.0. The standard InChI is InChI=1S/C12H13F3O2S/c13-12(14,15)9-3-1-8(2-4-9)11(16)10-7-18-6-5-17-10/h1-4,10-11,16H,5-7H2. The second-order valence-electron chi connectivity index (χ2n) is 4.05. The summed E-state index contributed by atoms with van der Waals surface area (Å²) in [6, 6.07) is 4.56. The molecular formula is C12H13F3O2S. The number of aliphatic hydroxyl groups is 1. The smallest absolute Gasteiger partial charge is 0.386 e. The Balaban J connectivity index is 2.09. The van der Waals surface area contributed by atoms with Crippen LogP contribution < -0.4 is 0 Å². The molecule has 2 unspecified atom stereocenters. The van der Waals surface area contributed by atoms with E-state index >= 15 is 0 Å². The average Bonchev–Trinajstić information content (AvgIpc) is 2.38. The number of hydrogen-bond donors (Lipinski definition) is 1. The number of ether oxygens (including phenoxy) is 1. The van der Waals surface area contributed by atoms with E-state index in [1.165, 1.54) is 12.1 Å². The predicted molar refractivity (Wildman–Crippen MR) is 63.5 cm³/mol. The summed E-state index contributed by atoms with van der Waals surface area (Å²) in [6.45, 7) is 0.563. The number of benzene rings is 1. The Kier molecular flexibility index (Phi) is 4.19. The summed E-state index contributed by atoms with van der Waals surface area (Å²) in [4.78, 5) is 0. The minimum Gasteiger partial charge on any atom is -0.386 e. The molecule has 0 saturated carbocycles. The molecule has 1 aromatic rings. The highest BCUT2D eigenvalue weighted by Gasteiger charge is 2.31. The van der Waals surface area contributed by atoms with Gasteiger partial charge in [-0.05, 0) is 17.7 Å². The van der Waals surface area contributed by atoms with Crippen LogP contribution >= 0.6 is 11.8 Å². The van der Waals surface area contributed by atoms with Crippen molar-refractivity contribution in [3.05, 3.63) is 35.4 Å². The number of alkyl halides is 3. The van der Waals surface area contributed by atoms with E-state index in [2.05, 4.69) is 0 Å². The Morgan fingerprint density at radius 2 is 1.94 bits per heavy atom. The van der Waals surface area contributed by atoms with Gasteiger partial charge in [0.2, 0.25) is 0 Å². The topological polar surface area (TPSA) is 29.5 Å². The Hall–Kier alpha value is -0.720. The number of thioether (sulfide) groups is 1. The van der Waals surface area contributed by atoms with Crippen molar-refractivity contribution < 1.29 is 23.0 Å². The summed E-state index contributed by atoms with van der Waals surface area (Å²) in [5.41, 5.74) is -0.257. The van der Waals surface area contributed by atoms with Gasteiger partial charge in [0.15, 0.2) is 0 Å². The van der Waals surface area contributed by atoms with Crippen LogP contribution in [0.2, 0.25) is 0 Å². The molecule has 1 heterocycles. The molecule has 1 aromatic carbocycles. The normalized spacial score (nSPS) is 22.8. The highest BCUT2D eigenvalue weighted by atomic mass is 32.2. The molecule has 100 valence electrons. The van der Waals surface area contributed by atoms with Crippen molar-refractivity contribution in [3.63, 3.8) is 0 Å². The van der Waals surface area contributed by atoms with Crippen LogP contribution in [0.3, 0.4) is 0 Å². The molecule has 0 aromatic heterocycles. The largest absolute Gasteiger partial charge is 0.416 e. The molecule has 0 spiro atoms. The van der Waals surface area contributed by atoms with E-state index in [0.29, 0.717) is 17.9 Å². The predicted octanol–water partition coefficient (Wildman–Crippen LogP) is 2.87. The Morgan fingerprint density at radius 1 is 1.28 bits per heavy atom. The molecule has 2 atom stereocenters. The molecule has 1 aliphatic heterocycles. The first-order valence-corrected chi connectivity index (χ1v) is 6.68. The molecule has 0 aliphatic carbocycles. The van der Waals surface area contributed by atoms with Gasteiger partial charge in [-0.2, -0.15) is 24.9 Å². The van der Waals surface area contributed by atoms with Gasteiger partial charge >= 0.3 is 6.18 Å². The van der Waals surface area contributed by atoms with Gasteiger partial charge in [0.1, 0.15) is 6.10 Å². The van der Waals surface area contributed by atoms with Crippen LogP contribution in [0.4, 0.5) is 13.2 Å². The van der Waals surface area contributed by atoms with E-state index in [-0.39, 0.29) is 6.10 Å². The summed E-state index contributed by atoms with van der Waals surface area (Å²) < 4.78 is 42.6. The van der Waals surface area contributed by atoms with Gasteiger partial charge in [-0.3, -0.25) is 0 Å². The first kappa shape index (κ1) is 13.7. The van der Waals surface area contributed by atoms with Gasteiger partial charge < -0.3 is 9.84 Å².